The Labute approximate surface area is 141 Å². The Balaban J connectivity index is 3.42. The SMILES string of the molecule is CC(C)(C)CC(C)(C)[N+]([O-])=Cc1cc(S(=O)(=O)O)c(S(=O)(=O)O)o1. The summed E-state index contributed by atoms with van der Waals surface area (Å²) in [6, 6.07) is 0.649. The van der Waals surface area contributed by atoms with Crippen molar-refractivity contribution in [3.8, 4) is 0 Å². The topological polar surface area (TPSA) is 148 Å². The van der Waals surface area contributed by atoms with Gasteiger partial charge in [-0.3, -0.25) is 9.11 Å². The number of furan rings is 1. The molecular weight excluding hydrogens is 362 g/mol. The minimum atomic E-state index is -5.04. The van der Waals surface area contributed by atoms with E-state index >= 15 is 0 Å². The monoisotopic (exact) mass is 383 g/mol. The molecule has 2 N–H and O–H groups in total. The van der Waals surface area contributed by atoms with Crippen molar-refractivity contribution in [2.24, 2.45) is 5.41 Å². The second-order valence-electron chi connectivity index (χ2n) is 7.26. The first-order chi connectivity index (χ1) is 10.4. The Morgan fingerprint density at radius 2 is 1.62 bits per heavy atom. The van der Waals surface area contributed by atoms with E-state index in [4.69, 9.17) is 13.5 Å². The molecule has 1 aromatic rings. The molecular formula is C13H21NO8S2. The predicted molar refractivity (Wildman–Crippen MR) is 85.3 cm³/mol. The van der Waals surface area contributed by atoms with Crippen LogP contribution in [0.3, 0.4) is 0 Å². The van der Waals surface area contributed by atoms with Crippen molar-refractivity contribution >= 4 is 26.5 Å². The maximum absolute atomic E-state index is 12.3. The third kappa shape index (κ3) is 5.30. The Morgan fingerprint density at radius 1 is 1.12 bits per heavy atom. The second kappa shape index (κ2) is 6.14. The first kappa shape index (κ1) is 20.6. The predicted octanol–water partition coefficient (Wildman–Crippen LogP) is 1.92. The zero-order valence-corrected chi connectivity index (χ0v) is 15.6. The van der Waals surface area contributed by atoms with Crippen molar-refractivity contribution in [2.45, 2.75) is 56.6 Å². The lowest BCUT2D eigenvalue weighted by molar-refractivity contribution is -0.540. The zero-order valence-electron chi connectivity index (χ0n) is 14.0. The fraction of sp³-hybridized carbons (Fsp3) is 0.615. The van der Waals surface area contributed by atoms with Crippen LogP contribution in [0.25, 0.3) is 0 Å². The van der Waals surface area contributed by atoms with Crippen LogP contribution in [0.5, 0.6) is 0 Å². The molecule has 1 rings (SSSR count). The molecule has 0 atom stereocenters. The van der Waals surface area contributed by atoms with Gasteiger partial charge < -0.3 is 9.62 Å². The quantitative estimate of drug-likeness (QED) is 0.257. The molecule has 24 heavy (non-hydrogen) atoms. The molecule has 0 amide bonds. The number of nitrogens with zero attached hydrogens (tertiary/aromatic N) is 1. The number of hydrogen-bond acceptors (Lipinski definition) is 6. The molecule has 0 aliphatic carbocycles. The Morgan fingerprint density at radius 3 is 1.96 bits per heavy atom. The van der Waals surface area contributed by atoms with Gasteiger partial charge in [-0.1, -0.05) is 20.8 Å². The standard InChI is InChI=1S/C13H21NO8S2/c1-12(2,3)8-13(4,5)14(15)7-9-6-10(23(16,17)18)11(22-9)24(19,20)21/h6-7H,8H2,1-5H3,(H,16,17,18)(H,19,20,21). The molecule has 138 valence electrons. The van der Waals surface area contributed by atoms with Crippen LogP contribution in [0.1, 0.15) is 46.8 Å². The van der Waals surface area contributed by atoms with Crippen molar-refractivity contribution in [3.05, 3.63) is 17.0 Å². The summed E-state index contributed by atoms with van der Waals surface area (Å²) >= 11 is 0. The van der Waals surface area contributed by atoms with Crippen molar-refractivity contribution in [3.63, 3.8) is 0 Å². The van der Waals surface area contributed by atoms with Gasteiger partial charge in [0.05, 0.1) is 0 Å². The molecule has 0 radical (unpaired) electrons. The first-order valence-electron chi connectivity index (χ1n) is 6.84. The average Bonchev–Trinajstić information content (AvgIpc) is 2.68. The van der Waals surface area contributed by atoms with E-state index in [1.165, 1.54) is 0 Å². The molecule has 0 saturated heterocycles. The highest BCUT2D eigenvalue weighted by atomic mass is 32.2. The molecule has 0 unspecified atom stereocenters. The molecule has 9 nitrogen and oxygen atoms in total. The van der Waals surface area contributed by atoms with Crippen LogP contribution in [0.15, 0.2) is 20.5 Å². The highest BCUT2D eigenvalue weighted by Gasteiger charge is 2.34. The lowest BCUT2D eigenvalue weighted by Crippen LogP contribution is -2.37. The summed E-state index contributed by atoms with van der Waals surface area (Å²) in [6.07, 6.45) is 1.33. The summed E-state index contributed by atoms with van der Waals surface area (Å²) in [5, 5.41) is 11.0. The van der Waals surface area contributed by atoms with Gasteiger partial charge in [0, 0.05) is 26.3 Å². The lowest BCUT2D eigenvalue weighted by Gasteiger charge is -2.30. The van der Waals surface area contributed by atoms with Gasteiger partial charge in [0.1, 0.15) is 0 Å². The van der Waals surface area contributed by atoms with E-state index in [2.05, 4.69) is 0 Å². The van der Waals surface area contributed by atoms with Gasteiger partial charge in [-0.15, -0.1) is 0 Å². The van der Waals surface area contributed by atoms with Crippen LogP contribution in [0.2, 0.25) is 0 Å². The molecule has 0 bridgehead atoms. The smallest absolute Gasteiger partial charge is 0.329 e. The van der Waals surface area contributed by atoms with E-state index in [0.29, 0.717) is 17.2 Å². The second-order valence-corrected chi connectivity index (χ2v) is 9.97. The van der Waals surface area contributed by atoms with Crippen molar-refractivity contribution < 1.29 is 35.1 Å². The summed E-state index contributed by atoms with van der Waals surface area (Å²) in [4.78, 5) is -1.14. The number of hydroxylamine groups is 1. The van der Waals surface area contributed by atoms with E-state index in [-0.39, 0.29) is 5.41 Å². The van der Waals surface area contributed by atoms with E-state index in [1.807, 2.05) is 20.8 Å². The largest absolute Gasteiger partial charge is 0.623 e. The molecule has 0 saturated carbocycles. The molecule has 0 spiro atoms. The van der Waals surface area contributed by atoms with E-state index in [1.54, 1.807) is 13.8 Å². The third-order valence-electron chi connectivity index (χ3n) is 3.00. The normalized spacial score (nSPS) is 14.9. The fourth-order valence-corrected chi connectivity index (χ4v) is 4.13. The summed E-state index contributed by atoms with van der Waals surface area (Å²) in [7, 11) is -10.0. The molecule has 0 aliphatic rings. The maximum Gasteiger partial charge on any atom is 0.329 e. The highest BCUT2D eigenvalue weighted by molar-refractivity contribution is 7.88. The summed E-state index contributed by atoms with van der Waals surface area (Å²) in [5.74, 6) is -0.438. The van der Waals surface area contributed by atoms with Gasteiger partial charge >= 0.3 is 10.1 Å². The van der Waals surface area contributed by atoms with Crippen LogP contribution in [-0.4, -0.2) is 42.4 Å². The molecule has 1 heterocycles. The van der Waals surface area contributed by atoms with Crippen molar-refractivity contribution in [1.82, 2.24) is 0 Å². The van der Waals surface area contributed by atoms with E-state index < -0.39 is 41.5 Å². The third-order valence-corrected chi connectivity index (χ3v) is 4.76. The van der Waals surface area contributed by atoms with Gasteiger partial charge in [0.25, 0.3) is 15.2 Å². The van der Waals surface area contributed by atoms with Gasteiger partial charge in [0.2, 0.25) is 6.21 Å². The average molecular weight is 383 g/mol. The van der Waals surface area contributed by atoms with E-state index in [9.17, 15) is 22.0 Å². The van der Waals surface area contributed by atoms with Crippen molar-refractivity contribution in [1.29, 1.82) is 0 Å². The maximum atomic E-state index is 12.3. The summed E-state index contributed by atoms with van der Waals surface area (Å²) in [5.41, 5.74) is -1.08. The Kier molecular flexibility index (Phi) is 5.27. The minimum absolute atomic E-state index is 0.178. The molecule has 1 aromatic heterocycles. The van der Waals surface area contributed by atoms with Crippen LogP contribution in [0.4, 0.5) is 0 Å². The van der Waals surface area contributed by atoms with Gasteiger partial charge in [-0.2, -0.15) is 16.8 Å². The molecule has 0 aromatic carbocycles. The first-order valence-corrected chi connectivity index (χ1v) is 9.72. The minimum Gasteiger partial charge on any atom is -0.623 e. The Hall–Kier alpha value is -1.43. The summed E-state index contributed by atoms with van der Waals surface area (Å²) in [6.45, 7) is 9.10. The molecule has 0 aliphatic heterocycles. The van der Waals surface area contributed by atoms with Gasteiger partial charge in [-0.25, -0.2) is 4.74 Å². The van der Waals surface area contributed by atoms with Crippen LogP contribution >= 0.6 is 0 Å². The highest BCUT2D eigenvalue weighted by Crippen LogP contribution is 2.29. The fourth-order valence-electron chi connectivity index (χ4n) is 2.46. The lowest BCUT2D eigenvalue weighted by atomic mass is 9.82. The van der Waals surface area contributed by atoms with Crippen LogP contribution in [0, 0.1) is 10.6 Å². The summed E-state index contributed by atoms with van der Waals surface area (Å²) < 4.78 is 68.0. The van der Waals surface area contributed by atoms with Crippen LogP contribution < -0.4 is 0 Å². The van der Waals surface area contributed by atoms with Gasteiger partial charge in [0.15, 0.2) is 16.2 Å². The Bertz CT molecular complexity index is 805. The van der Waals surface area contributed by atoms with Crippen LogP contribution in [-0.2, 0) is 20.2 Å². The van der Waals surface area contributed by atoms with E-state index in [0.717, 1.165) is 6.21 Å². The zero-order chi connectivity index (χ0) is 19.1. The van der Waals surface area contributed by atoms with Gasteiger partial charge in [-0.05, 0) is 5.41 Å². The number of rotatable bonds is 5. The number of hydrogen-bond donors (Lipinski definition) is 2. The van der Waals surface area contributed by atoms with Crippen molar-refractivity contribution in [2.75, 3.05) is 0 Å². The molecule has 11 heteroatoms. The molecule has 0 fully saturated rings.